The number of anilines is 1. The summed E-state index contributed by atoms with van der Waals surface area (Å²) in [6.07, 6.45) is 0. The van der Waals surface area contributed by atoms with Crippen LogP contribution in [-0.4, -0.2) is 17.4 Å². The van der Waals surface area contributed by atoms with Crippen LogP contribution in [-0.2, 0) is 4.79 Å². The Morgan fingerprint density at radius 3 is 2.70 bits per heavy atom. The molecule has 0 radical (unpaired) electrons. The van der Waals surface area contributed by atoms with E-state index in [1.165, 1.54) is 6.07 Å². The molecule has 1 amide bonds. The van der Waals surface area contributed by atoms with E-state index in [4.69, 9.17) is 16.3 Å². The van der Waals surface area contributed by atoms with Crippen LogP contribution in [0, 0.1) is 24.0 Å². The lowest BCUT2D eigenvalue weighted by Gasteiger charge is -2.09. The molecule has 0 atom stereocenters. The second-order valence-electron chi connectivity index (χ2n) is 5.03. The molecule has 0 unspecified atom stereocenters. The van der Waals surface area contributed by atoms with E-state index in [1.54, 1.807) is 31.2 Å². The second-order valence-corrected chi connectivity index (χ2v) is 5.44. The molecule has 0 heterocycles. The smallest absolute Gasteiger partial charge is 0.274 e. The Hall–Kier alpha value is -2.60. The largest absolute Gasteiger partial charge is 0.482 e. The number of nitro groups is 1. The van der Waals surface area contributed by atoms with Crippen molar-refractivity contribution in [2.24, 2.45) is 0 Å². The van der Waals surface area contributed by atoms with Crippen molar-refractivity contribution in [1.82, 2.24) is 0 Å². The van der Waals surface area contributed by atoms with Crippen LogP contribution in [0.25, 0.3) is 0 Å². The first-order valence-electron chi connectivity index (χ1n) is 6.80. The minimum Gasteiger partial charge on any atom is -0.482 e. The average Bonchev–Trinajstić information content (AvgIpc) is 2.50. The Kier molecular flexibility index (Phi) is 5.18. The predicted octanol–water partition coefficient (Wildman–Crippen LogP) is 3.88. The fourth-order valence-electron chi connectivity index (χ4n) is 1.95. The van der Waals surface area contributed by atoms with Gasteiger partial charge in [-0.3, -0.25) is 14.9 Å². The lowest BCUT2D eigenvalue weighted by atomic mass is 10.2. The van der Waals surface area contributed by atoms with Gasteiger partial charge < -0.3 is 10.1 Å². The molecule has 0 aliphatic rings. The van der Waals surface area contributed by atoms with Gasteiger partial charge in [0, 0.05) is 17.3 Å². The molecular formula is C16H15ClN2O4. The van der Waals surface area contributed by atoms with Crippen LogP contribution in [0.5, 0.6) is 5.75 Å². The highest BCUT2D eigenvalue weighted by Gasteiger charge is 2.13. The Morgan fingerprint density at radius 1 is 1.26 bits per heavy atom. The summed E-state index contributed by atoms with van der Waals surface area (Å²) >= 11 is 5.98. The van der Waals surface area contributed by atoms with Crippen LogP contribution in [0.4, 0.5) is 11.4 Å². The molecule has 0 saturated heterocycles. The first-order valence-corrected chi connectivity index (χ1v) is 7.18. The van der Waals surface area contributed by atoms with Gasteiger partial charge in [-0.25, -0.2) is 0 Å². The molecule has 2 aromatic rings. The van der Waals surface area contributed by atoms with E-state index in [-0.39, 0.29) is 12.3 Å². The Bertz CT molecular complexity index is 762. The molecular weight excluding hydrogens is 320 g/mol. The molecule has 23 heavy (non-hydrogen) atoms. The van der Waals surface area contributed by atoms with Crippen LogP contribution in [0.2, 0.25) is 5.02 Å². The zero-order valence-electron chi connectivity index (χ0n) is 12.6. The summed E-state index contributed by atoms with van der Waals surface area (Å²) < 4.78 is 5.38. The SMILES string of the molecule is Cc1ccc(Cl)c(OCC(=O)Nc2ccc(C)c([N+](=O)[O-])c2)c1. The lowest BCUT2D eigenvalue weighted by molar-refractivity contribution is -0.385. The summed E-state index contributed by atoms with van der Waals surface area (Å²) in [7, 11) is 0. The van der Waals surface area contributed by atoms with E-state index in [9.17, 15) is 14.9 Å². The van der Waals surface area contributed by atoms with Gasteiger partial charge in [-0.2, -0.15) is 0 Å². The van der Waals surface area contributed by atoms with Gasteiger partial charge in [0.25, 0.3) is 11.6 Å². The third kappa shape index (κ3) is 4.43. The van der Waals surface area contributed by atoms with Crippen molar-refractivity contribution < 1.29 is 14.5 Å². The fourth-order valence-corrected chi connectivity index (χ4v) is 2.12. The minimum absolute atomic E-state index is 0.0505. The van der Waals surface area contributed by atoms with Gasteiger partial charge in [0.05, 0.1) is 9.95 Å². The second kappa shape index (κ2) is 7.11. The number of hydrogen-bond acceptors (Lipinski definition) is 4. The molecule has 0 bridgehead atoms. The molecule has 7 heteroatoms. The van der Waals surface area contributed by atoms with E-state index in [0.29, 0.717) is 22.0 Å². The number of benzene rings is 2. The average molecular weight is 335 g/mol. The quantitative estimate of drug-likeness (QED) is 0.664. The van der Waals surface area contributed by atoms with Gasteiger partial charge in [0.1, 0.15) is 5.75 Å². The van der Waals surface area contributed by atoms with Gasteiger partial charge in [-0.15, -0.1) is 0 Å². The lowest BCUT2D eigenvalue weighted by Crippen LogP contribution is -2.20. The summed E-state index contributed by atoms with van der Waals surface area (Å²) in [4.78, 5) is 22.3. The third-order valence-electron chi connectivity index (χ3n) is 3.14. The van der Waals surface area contributed by atoms with E-state index in [0.717, 1.165) is 5.56 Å². The number of nitro benzene ring substituents is 1. The standard InChI is InChI=1S/C16H15ClN2O4/c1-10-3-6-13(17)15(7-10)23-9-16(20)18-12-5-4-11(2)14(8-12)19(21)22/h3-8H,9H2,1-2H3,(H,18,20). The van der Waals surface area contributed by atoms with Crippen LogP contribution in [0.15, 0.2) is 36.4 Å². The maximum absolute atomic E-state index is 11.9. The van der Waals surface area contributed by atoms with Gasteiger partial charge in [0.15, 0.2) is 6.61 Å². The number of carbonyl (C=O) groups excluding carboxylic acids is 1. The van der Waals surface area contributed by atoms with Gasteiger partial charge in [-0.05, 0) is 37.6 Å². The van der Waals surface area contributed by atoms with Crippen molar-refractivity contribution in [3.05, 3.63) is 62.7 Å². The molecule has 120 valence electrons. The Balaban J connectivity index is 2.01. The van der Waals surface area contributed by atoms with E-state index < -0.39 is 10.8 Å². The highest BCUT2D eigenvalue weighted by atomic mass is 35.5. The van der Waals surface area contributed by atoms with Crippen molar-refractivity contribution in [1.29, 1.82) is 0 Å². The molecule has 0 aliphatic heterocycles. The molecule has 0 spiro atoms. The molecule has 1 N–H and O–H groups in total. The highest BCUT2D eigenvalue weighted by molar-refractivity contribution is 6.32. The van der Waals surface area contributed by atoms with Crippen molar-refractivity contribution in [3.8, 4) is 5.75 Å². The maximum atomic E-state index is 11.9. The predicted molar refractivity (Wildman–Crippen MR) is 88.1 cm³/mol. The monoisotopic (exact) mass is 334 g/mol. The van der Waals surface area contributed by atoms with Crippen molar-refractivity contribution >= 4 is 28.9 Å². The number of carbonyl (C=O) groups is 1. The van der Waals surface area contributed by atoms with Crippen LogP contribution < -0.4 is 10.1 Å². The summed E-state index contributed by atoms with van der Waals surface area (Å²) in [5, 5.41) is 13.9. The molecule has 6 nitrogen and oxygen atoms in total. The normalized spacial score (nSPS) is 10.2. The van der Waals surface area contributed by atoms with Gasteiger partial charge in [0.2, 0.25) is 0 Å². The van der Waals surface area contributed by atoms with Crippen molar-refractivity contribution in [2.45, 2.75) is 13.8 Å². The Morgan fingerprint density at radius 2 is 2.00 bits per heavy atom. The summed E-state index contributed by atoms with van der Waals surface area (Å²) in [6, 6.07) is 9.74. The third-order valence-corrected chi connectivity index (χ3v) is 3.45. The van der Waals surface area contributed by atoms with Crippen molar-refractivity contribution in [3.63, 3.8) is 0 Å². The van der Waals surface area contributed by atoms with Crippen molar-refractivity contribution in [2.75, 3.05) is 11.9 Å². The molecule has 0 saturated carbocycles. The first kappa shape index (κ1) is 16.8. The number of ether oxygens (including phenoxy) is 1. The Labute approximate surface area is 138 Å². The summed E-state index contributed by atoms with van der Waals surface area (Å²) in [6.45, 7) is 3.27. The summed E-state index contributed by atoms with van der Waals surface area (Å²) in [5.74, 6) is -0.0163. The zero-order chi connectivity index (χ0) is 17.0. The molecule has 0 fully saturated rings. The number of nitrogens with zero attached hydrogens (tertiary/aromatic N) is 1. The number of rotatable bonds is 5. The number of aryl methyl sites for hydroxylation is 2. The number of halogens is 1. The number of nitrogens with one attached hydrogen (secondary N) is 1. The zero-order valence-corrected chi connectivity index (χ0v) is 13.4. The molecule has 0 aromatic heterocycles. The van der Waals surface area contributed by atoms with E-state index >= 15 is 0 Å². The molecule has 0 aliphatic carbocycles. The summed E-state index contributed by atoms with van der Waals surface area (Å²) in [5.41, 5.74) is 1.77. The van der Waals surface area contributed by atoms with Crippen LogP contribution in [0.1, 0.15) is 11.1 Å². The van der Waals surface area contributed by atoms with Crippen LogP contribution >= 0.6 is 11.6 Å². The topological polar surface area (TPSA) is 81.5 Å². The van der Waals surface area contributed by atoms with Gasteiger partial charge in [-0.1, -0.05) is 23.7 Å². The van der Waals surface area contributed by atoms with Gasteiger partial charge >= 0.3 is 0 Å². The highest BCUT2D eigenvalue weighted by Crippen LogP contribution is 2.25. The minimum atomic E-state index is -0.492. The fraction of sp³-hybridized carbons (Fsp3) is 0.188. The van der Waals surface area contributed by atoms with Crippen LogP contribution in [0.3, 0.4) is 0 Å². The van der Waals surface area contributed by atoms with E-state index in [1.807, 2.05) is 13.0 Å². The first-order chi connectivity index (χ1) is 10.9. The maximum Gasteiger partial charge on any atom is 0.274 e. The van der Waals surface area contributed by atoms with E-state index in [2.05, 4.69) is 5.32 Å². The molecule has 2 aromatic carbocycles. The molecule has 2 rings (SSSR count). The number of amides is 1. The number of hydrogen-bond donors (Lipinski definition) is 1.